The Morgan fingerprint density at radius 2 is 1.93 bits per heavy atom. The lowest BCUT2D eigenvalue weighted by Crippen LogP contribution is -2.43. The number of piperidine rings is 1. The highest BCUT2D eigenvalue weighted by Gasteiger charge is 2.49. The topological polar surface area (TPSA) is 55.1 Å². The van der Waals surface area contributed by atoms with Gasteiger partial charge in [0.2, 0.25) is 11.7 Å². The van der Waals surface area contributed by atoms with Crippen molar-refractivity contribution in [2.24, 2.45) is 0 Å². The maximum Gasteiger partial charge on any atom is 0.232 e. The van der Waals surface area contributed by atoms with E-state index in [-0.39, 0.29) is 17.9 Å². The molecule has 0 spiro atoms. The van der Waals surface area contributed by atoms with Gasteiger partial charge in [0, 0.05) is 30.0 Å². The van der Waals surface area contributed by atoms with Gasteiger partial charge < -0.3 is 9.42 Å². The molecule has 1 aromatic carbocycles. The summed E-state index contributed by atoms with van der Waals surface area (Å²) in [6.45, 7) is 4.04. The molecule has 0 aliphatic carbocycles. The molecular formula is C22H20Cl2N4O. The van der Waals surface area contributed by atoms with Crippen molar-refractivity contribution in [3.05, 3.63) is 77.0 Å². The van der Waals surface area contributed by atoms with Crippen LogP contribution in [-0.2, 0) is 0 Å². The summed E-state index contributed by atoms with van der Waals surface area (Å²) >= 11 is 12.5. The molecule has 1 unspecified atom stereocenters. The van der Waals surface area contributed by atoms with E-state index < -0.39 is 0 Å². The fourth-order valence-electron chi connectivity index (χ4n) is 4.94. The maximum atomic E-state index is 6.34. The molecule has 0 N–H and O–H groups in total. The molecule has 3 aromatic rings. The Kier molecular flexibility index (Phi) is 4.80. The van der Waals surface area contributed by atoms with Gasteiger partial charge in [-0.25, -0.2) is 0 Å². The van der Waals surface area contributed by atoms with E-state index in [1.165, 1.54) is 0 Å². The highest BCUT2D eigenvalue weighted by atomic mass is 35.5. The van der Waals surface area contributed by atoms with Crippen LogP contribution in [0.5, 0.6) is 0 Å². The van der Waals surface area contributed by atoms with E-state index in [0.717, 1.165) is 30.4 Å². The number of hydrogen-bond acceptors (Lipinski definition) is 5. The van der Waals surface area contributed by atoms with Crippen molar-refractivity contribution in [3.63, 3.8) is 0 Å². The Balaban J connectivity index is 1.57. The van der Waals surface area contributed by atoms with E-state index >= 15 is 0 Å². The summed E-state index contributed by atoms with van der Waals surface area (Å²) in [5.41, 5.74) is 2.05. The van der Waals surface area contributed by atoms with Crippen LogP contribution in [0.25, 0.3) is 11.4 Å². The third-order valence-corrected chi connectivity index (χ3v) is 6.96. The number of aromatic nitrogens is 3. The minimum atomic E-state index is 0.0621. The predicted octanol–water partition coefficient (Wildman–Crippen LogP) is 5.69. The Morgan fingerprint density at radius 3 is 2.69 bits per heavy atom. The van der Waals surface area contributed by atoms with Crippen LogP contribution in [0, 0.1) is 0 Å². The molecule has 4 atom stereocenters. The number of rotatable bonds is 4. The summed E-state index contributed by atoms with van der Waals surface area (Å²) in [4.78, 5) is 11.2. The molecule has 0 radical (unpaired) electrons. The average molecular weight is 427 g/mol. The number of hydrogen-bond donors (Lipinski definition) is 0. The summed E-state index contributed by atoms with van der Waals surface area (Å²) < 4.78 is 5.81. The molecule has 2 aliphatic heterocycles. The van der Waals surface area contributed by atoms with Crippen LogP contribution in [0.2, 0.25) is 10.0 Å². The number of halogens is 2. The normalized spacial score (nSPS) is 25.9. The molecule has 29 heavy (non-hydrogen) atoms. The molecule has 0 amide bonds. The van der Waals surface area contributed by atoms with E-state index in [0.29, 0.717) is 27.8 Å². The molecule has 4 heterocycles. The van der Waals surface area contributed by atoms with Gasteiger partial charge in [-0.05, 0) is 61.2 Å². The number of benzene rings is 1. The first-order chi connectivity index (χ1) is 14.2. The summed E-state index contributed by atoms with van der Waals surface area (Å²) in [6.07, 6.45) is 8.61. The molecular weight excluding hydrogens is 407 g/mol. The first-order valence-electron chi connectivity index (χ1n) is 9.74. The summed E-state index contributed by atoms with van der Waals surface area (Å²) in [7, 11) is 0. The second-order valence-electron chi connectivity index (χ2n) is 7.66. The second kappa shape index (κ2) is 7.47. The van der Waals surface area contributed by atoms with Crippen LogP contribution in [0.15, 0.2) is 60.0 Å². The molecule has 2 saturated heterocycles. The quantitative estimate of drug-likeness (QED) is 0.536. The van der Waals surface area contributed by atoms with E-state index in [9.17, 15) is 0 Å². The summed E-state index contributed by atoms with van der Waals surface area (Å²) in [6, 6.07) is 10.4. The van der Waals surface area contributed by atoms with Crippen molar-refractivity contribution in [1.29, 1.82) is 0 Å². The largest absolute Gasteiger partial charge is 0.371 e. The van der Waals surface area contributed by atoms with Crippen molar-refractivity contribution in [2.75, 3.05) is 0 Å². The molecule has 2 aromatic heterocycles. The maximum absolute atomic E-state index is 6.34. The van der Waals surface area contributed by atoms with Crippen LogP contribution in [-0.4, -0.2) is 32.1 Å². The lowest BCUT2D eigenvalue weighted by Gasteiger charge is -2.43. The molecule has 2 aliphatic rings. The van der Waals surface area contributed by atoms with E-state index in [1.807, 2.05) is 30.5 Å². The molecule has 2 bridgehead atoms. The fourth-order valence-corrected chi connectivity index (χ4v) is 5.25. The van der Waals surface area contributed by atoms with Gasteiger partial charge in [0.15, 0.2) is 0 Å². The molecule has 5 rings (SSSR count). The van der Waals surface area contributed by atoms with Crippen LogP contribution >= 0.6 is 23.2 Å². The number of nitrogens with zero attached hydrogens (tertiary/aromatic N) is 4. The van der Waals surface area contributed by atoms with Crippen molar-refractivity contribution >= 4 is 23.2 Å². The van der Waals surface area contributed by atoms with Crippen LogP contribution in [0.1, 0.15) is 42.6 Å². The molecule has 148 valence electrons. The minimum Gasteiger partial charge on any atom is -0.371 e. The van der Waals surface area contributed by atoms with E-state index in [2.05, 4.69) is 27.7 Å². The summed E-state index contributed by atoms with van der Waals surface area (Å²) in [5.74, 6) is 1.53. The van der Waals surface area contributed by atoms with Crippen LogP contribution in [0.3, 0.4) is 0 Å². The van der Waals surface area contributed by atoms with Gasteiger partial charge in [-0.15, -0.1) is 0 Å². The average Bonchev–Trinajstić information content (AvgIpc) is 3.34. The Morgan fingerprint density at radius 1 is 1.10 bits per heavy atom. The third kappa shape index (κ3) is 3.22. The van der Waals surface area contributed by atoms with Gasteiger partial charge in [0.05, 0.1) is 16.0 Å². The SMILES string of the molecule is C=CN1C2CC[C@@H]1[C@H](c1nc(-c3ccncc3)no1)[C@@H](c1ccc(Cl)c(Cl)c1)C2. The summed E-state index contributed by atoms with van der Waals surface area (Å²) in [5, 5.41) is 5.39. The first-order valence-corrected chi connectivity index (χ1v) is 10.5. The van der Waals surface area contributed by atoms with Crippen LogP contribution in [0.4, 0.5) is 0 Å². The highest BCUT2D eigenvalue weighted by Crippen LogP contribution is 2.51. The van der Waals surface area contributed by atoms with Gasteiger partial charge in [-0.1, -0.05) is 41.0 Å². The van der Waals surface area contributed by atoms with E-state index in [1.54, 1.807) is 12.4 Å². The Hall–Kier alpha value is -2.37. The van der Waals surface area contributed by atoms with Crippen molar-refractivity contribution in [1.82, 2.24) is 20.0 Å². The molecule has 2 fully saturated rings. The zero-order chi connectivity index (χ0) is 20.0. The van der Waals surface area contributed by atoms with E-state index in [4.69, 9.17) is 32.7 Å². The zero-order valence-corrected chi connectivity index (χ0v) is 17.2. The minimum absolute atomic E-state index is 0.0621. The van der Waals surface area contributed by atoms with Crippen molar-refractivity contribution < 1.29 is 4.52 Å². The standard InChI is InChI=1S/C22H20Cl2N4O/c1-2-28-15-4-6-19(28)20(16(12-15)14-3-5-17(23)18(24)11-14)22-26-21(27-29-22)13-7-9-25-10-8-13/h2-3,5,7-11,15-16,19-20H,1,4,6,12H2/t15?,16-,19-,20-/m1/s1. The van der Waals surface area contributed by atoms with Gasteiger partial charge in [0.1, 0.15) is 0 Å². The number of fused-ring (bicyclic) bond motifs is 2. The van der Waals surface area contributed by atoms with Gasteiger partial charge >= 0.3 is 0 Å². The molecule has 0 saturated carbocycles. The molecule has 5 nitrogen and oxygen atoms in total. The predicted molar refractivity (Wildman–Crippen MR) is 113 cm³/mol. The van der Waals surface area contributed by atoms with Crippen LogP contribution < -0.4 is 0 Å². The van der Waals surface area contributed by atoms with Gasteiger partial charge in [-0.3, -0.25) is 4.98 Å². The van der Waals surface area contributed by atoms with Crippen molar-refractivity contribution in [3.8, 4) is 11.4 Å². The third-order valence-electron chi connectivity index (χ3n) is 6.22. The van der Waals surface area contributed by atoms with Crippen molar-refractivity contribution in [2.45, 2.75) is 43.2 Å². The fraction of sp³-hybridized carbons (Fsp3) is 0.318. The first kappa shape index (κ1) is 18.6. The Bertz CT molecular complexity index is 1040. The van der Waals surface area contributed by atoms with Gasteiger partial charge in [-0.2, -0.15) is 4.98 Å². The smallest absolute Gasteiger partial charge is 0.232 e. The zero-order valence-electron chi connectivity index (χ0n) is 15.7. The van der Waals surface area contributed by atoms with Gasteiger partial charge in [0.25, 0.3) is 0 Å². The monoisotopic (exact) mass is 426 g/mol. The second-order valence-corrected chi connectivity index (χ2v) is 8.48. The number of pyridine rings is 1. The molecule has 7 heteroatoms. The highest BCUT2D eigenvalue weighted by molar-refractivity contribution is 6.42. The lowest BCUT2D eigenvalue weighted by molar-refractivity contribution is 0.140. The Labute approximate surface area is 179 Å². The lowest BCUT2D eigenvalue weighted by atomic mass is 9.76.